The SMILES string of the molecule is C=CCN1C(=O)c2c(sc3c2CCCC3)N2C(=Nc3ccc(OC)cc3)NNC12. The van der Waals surface area contributed by atoms with Gasteiger partial charge in [0.05, 0.1) is 18.4 Å². The van der Waals surface area contributed by atoms with E-state index in [4.69, 9.17) is 9.73 Å². The number of thiophene rings is 1. The minimum Gasteiger partial charge on any atom is -0.497 e. The van der Waals surface area contributed by atoms with Crippen LogP contribution in [0.15, 0.2) is 41.9 Å². The molecule has 8 heteroatoms. The van der Waals surface area contributed by atoms with E-state index in [1.54, 1.807) is 29.4 Å². The second kappa shape index (κ2) is 7.20. The second-order valence-corrected chi connectivity index (χ2v) is 8.37. The van der Waals surface area contributed by atoms with E-state index in [9.17, 15) is 4.79 Å². The molecule has 3 heterocycles. The Balaban J connectivity index is 1.60. The quantitative estimate of drug-likeness (QED) is 0.760. The summed E-state index contributed by atoms with van der Waals surface area (Å²) >= 11 is 1.73. The van der Waals surface area contributed by atoms with Crippen LogP contribution in [0.25, 0.3) is 0 Å². The van der Waals surface area contributed by atoms with Gasteiger partial charge >= 0.3 is 0 Å². The predicted molar refractivity (Wildman–Crippen MR) is 115 cm³/mol. The highest BCUT2D eigenvalue weighted by Gasteiger charge is 2.46. The van der Waals surface area contributed by atoms with Crippen molar-refractivity contribution in [3.05, 3.63) is 52.9 Å². The summed E-state index contributed by atoms with van der Waals surface area (Å²) in [5.74, 6) is 1.54. The maximum atomic E-state index is 13.4. The fourth-order valence-electron chi connectivity index (χ4n) is 4.17. The number of hydrazine groups is 1. The number of carbonyl (C=O) groups is 1. The van der Waals surface area contributed by atoms with Gasteiger partial charge in [0.25, 0.3) is 5.91 Å². The van der Waals surface area contributed by atoms with Crippen LogP contribution < -0.4 is 20.5 Å². The number of methoxy groups -OCH3 is 1. The van der Waals surface area contributed by atoms with Crippen molar-refractivity contribution in [2.24, 2.45) is 4.99 Å². The highest BCUT2D eigenvalue weighted by Crippen LogP contribution is 2.45. The van der Waals surface area contributed by atoms with Crippen molar-refractivity contribution in [2.45, 2.75) is 32.0 Å². The molecule has 2 aliphatic heterocycles. The summed E-state index contributed by atoms with van der Waals surface area (Å²) in [6, 6.07) is 7.60. The Morgan fingerprint density at radius 3 is 2.86 bits per heavy atom. The Hall–Kier alpha value is -2.84. The molecule has 2 aromatic rings. The van der Waals surface area contributed by atoms with E-state index in [0.29, 0.717) is 12.5 Å². The van der Waals surface area contributed by atoms with Crippen LogP contribution in [0.3, 0.4) is 0 Å². The lowest BCUT2D eigenvalue weighted by Crippen LogP contribution is -2.57. The normalized spacial score (nSPS) is 21.5. The smallest absolute Gasteiger partial charge is 0.260 e. The molecule has 5 rings (SSSR count). The molecule has 29 heavy (non-hydrogen) atoms. The zero-order valence-electron chi connectivity index (χ0n) is 16.3. The number of carbonyl (C=O) groups excluding carboxylic acids is 1. The molecule has 2 N–H and O–H groups in total. The topological polar surface area (TPSA) is 69.2 Å². The van der Waals surface area contributed by atoms with Gasteiger partial charge in [-0.2, -0.15) is 5.43 Å². The Labute approximate surface area is 173 Å². The van der Waals surface area contributed by atoms with Crippen LogP contribution >= 0.6 is 11.3 Å². The molecular weight excluding hydrogens is 386 g/mol. The molecule has 0 spiro atoms. The number of hydrogen-bond donors (Lipinski definition) is 2. The molecule has 1 amide bonds. The van der Waals surface area contributed by atoms with Gasteiger partial charge in [0.2, 0.25) is 5.96 Å². The number of rotatable bonds is 4. The number of nitrogens with one attached hydrogen (secondary N) is 2. The van der Waals surface area contributed by atoms with Crippen LogP contribution in [0.2, 0.25) is 0 Å². The molecule has 0 radical (unpaired) electrons. The number of guanidine groups is 1. The fraction of sp³-hybridized carbons (Fsp3) is 0.333. The third kappa shape index (κ3) is 2.90. The number of amides is 1. The number of aliphatic imine (C=N–C) groups is 1. The van der Waals surface area contributed by atoms with Gasteiger partial charge in [0.1, 0.15) is 10.8 Å². The van der Waals surface area contributed by atoms with Gasteiger partial charge in [0, 0.05) is 11.4 Å². The number of aryl methyl sites for hydroxylation is 1. The number of benzene rings is 1. The first kappa shape index (κ1) is 18.2. The van der Waals surface area contributed by atoms with E-state index in [2.05, 4.69) is 22.3 Å². The maximum Gasteiger partial charge on any atom is 0.260 e. The molecule has 1 aliphatic carbocycles. The van der Waals surface area contributed by atoms with E-state index in [1.165, 1.54) is 16.9 Å². The largest absolute Gasteiger partial charge is 0.497 e. The highest BCUT2D eigenvalue weighted by molar-refractivity contribution is 7.17. The zero-order valence-corrected chi connectivity index (χ0v) is 17.1. The van der Waals surface area contributed by atoms with Crippen molar-refractivity contribution in [1.82, 2.24) is 15.8 Å². The van der Waals surface area contributed by atoms with Crippen molar-refractivity contribution in [3.63, 3.8) is 0 Å². The van der Waals surface area contributed by atoms with E-state index < -0.39 is 0 Å². The van der Waals surface area contributed by atoms with Gasteiger partial charge in [-0.05, 0) is 55.5 Å². The van der Waals surface area contributed by atoms with E-state index >= 15 is 0 Å². The van der Waals surface area contributed by atoms with E-state index in [-0.39, 0.29) is 12.2 Å². The van der Waals surface area contributed by atoms with Crippen LogP contribution in [-0.2, 0) is 12.8 Å². The summed E-state index contributed by atoms with van der Waals surface area (Å²) in [7, 11) is 1.65. The first-order valence-corrected chi connectivity index (χ1v) is 10.6. The Morgan fingerprint density at radius 2 is 2.10 bits per heavy atom. The molecule has 1 saturated heterocycles. The molecular formula is C21H23N5O2S. The van der Waals surface area contributed by atoms with Gasteiger partial charge in [-0.25, -0.2) is 4.99 Å². The van der Waals surface area contributed by atoms with Crippen LogP contribution in [0.5, 0.6) is 5.75 Å². The lowest BCUT2D eigenvalue weighted by Gasteiger charge is -2.38. The van der Waals surface area contributed by atoms with Crippen molar-refractivity contribution >= 4 is 33.9 Å². The molecule has 1 atom stereocenters. The average Bonchev–Trinajstić information content (AvgIpc) is 3.33. The van der Waals surface area contributed by atoms with E-state index in [0.717, 1.165) is 41.3 Å². The summed E-state index contributed by atoms with van der Waals surface area (Å²) in [4.78, 5) is 23.4. The van der Waals surface area contributed by atoms with Gasteiger partial charge in [-0.1, -0.05) is 6.08 Å². The van der Waals surface area contributed by atoms with Crippen LogP contribution in [-0.4, -0.2) is 36.7 Å². The average molecular weight is 410 g/mol. The molecule has 0 saturated carbocycles. The second-order valence-electron chi connectivity index (χ2n) is 7.28. The number of nitrogens with zero attached hydrogens (tertiary/aromatic N) is 3. The molecule has 0 bridgehead atoms. The predicted octanol–water partition coefficient (Wildman–Crippen LogP) is 3.16. The third-order valence-corrected chi connectivity index (χ3v) is 6.85. The lowest BCUT2D eigenvalue weighted by atomic mass is 9.94. The fourth-order valence-corrected chi connectivity index (χ4v) is 5.58. The first-order valence-electron chi connectivity index (χ1n) is 9.81. The van der Waals surface area contributed by atoms with Crippen LogP contribution in [0, 0.1) is 0 Å². The number of ether oxygens (including phenoxy) is 1. The monoisotopic (exact) mass is 409 g/mol. The molecule has 150 valence electrons. The minimum atomic E-state index is -0.329. The van der Waals surface area contributed by atoms with Crippen LogP contribution in [0.1, 0.15) is 33.6 Å². The van der Waals surface area contributed by atoms with Crippen molar-refractivity contribution in [2.75, 3.05) is 18.6 Å². The molecule has 1 fully saturated rings. The highest BCUT2D eigenvalue weighted by atomic mass is 32.1. The van der Waals surface area contributed by atoms with Crippen molar-refractivity contribution in [1.29, 1.82) is 0 Å². The van der Waals surface area contributed by atoms with Crippen molar-refractivity contribution < 1.29 is 9.53 Å². The minimum absolute atomic E-state index is 0.0700. The van der Waals surface area contributed by atoms with Gasteiger partial charge in [0.15, 0.2) is 6.29 Å². The zero-order chi connectivity index (χ0) is 20.0. The Kier molecular flexibility index (Phi) is 4.52. The number of anilines is 1. The molecule has 3 aliphatic rings. The standard InChI is InChI=1S/C21H23N5O2S/c1-3-12-25-18(27)17-15-6-4-5-7-16(15)29-19(17)26-20(23-24-21(25)26)22-13-8-10-14(28-2)11-9-13/h3,8-11,21,24H,1,4-7,12H2,2H3,(H,22,23). The Morgan fingerprint density at radius 1 is 1.31 bits per heavy atom. The summed E-state index contributed by atoms with van der Waals surface area (Å²) in [5, 5.41) is 0.983. The first-order chi connectivity index (χ1) is 14.2. The number of hydrogen-bond acceptors (Lipinski definition) is 5. The number of fused-ring (bicyclic) bond motifs is 5. The summed E-state index contributed by atoms with van der Waals surface area (Å²) in [6.07, 6.45) is 5.78. The Bertz CT molecular complexity index is 997. The summed E-state index contributed by atoms with van der Waals surface area (Å²) < 4.78 is 5.23. The molecule has 7 nitrogen and oxygen atoms in total. The molecule has 1 aromatic carbocycles. The van der Waals surface area contributed by atoms with Gasteiger partial charge < -0.3 is 4.74 Å². The summed E-state index contributed by atoms with van der Waals surface area (Å²) in [6.45, 7) is 4.30. The van der Waals surface area contributed by atoms with Gasteiger partial charge in [-0.3, -0.25) is 20.0 Å². The third-order valence-electron chi connectivity index (χ3n) is 5.56. The molecule has 1 unspecified atom stereocenters. The van der Waals surface area contributed by atoms with Crippen molar-refractivity contribution in [3.8, 4) is 5.75 Å². The summed E-state index contributed by atoms with van der Waals surface area (Å²) in [5.41, 5.74) is 9.28. The molecule has 1 aromatic heterocycles. The van der Waals surface area contributed by atoms with Crippen LogP contribution in [0.4, 0.5) is 10.7 Å². The maximum absolute atomic E-state index is 13.4. The van der Waals surface area contributed by atoms with E-state index in [1.807, 2.05) is 24.3 Å². The lowest BCUT2D eigenvalue weighted by molar-refractivity contribution is 0.0667. The van der Waals surface area contributed by atoms with Gasteiger partial charge in [-0.15, -0.1) is 17.9 Å².